The lowest BCUT2D eigenvalue weighted by Gasteiger charge is -2.01. The average molecular weight is 176 g/mol. The number of aromatic nitrogens is 1. The monoisotopic (exact) mass is 176 g/mol. The van der Waals surface area contributed by atoms with Crippen LogP contribution in [-0.2, 0) is 11.3 Å². The molecule has 0 atom stereocenters. The number of amides is 1. The molecule has 0 spiro atoms. The summed E-state index contributed by atoms with van der Waals surface area (Å²) >= 11 is 0. The van der Waals surface area contributed by atoms with Crippen molar-refractivity contribution in [1.29, 1.82) is 0 Å². The summed E-state index contributed by atoms with van der Waals surface area (Å²) in [5.74, 6) is -0.177. The SMILES string of the molecule is C=CC(=O)NCc1cc(C)ccn1. The Labute approximate surface area is 77.5 Å². The van der Waals surface area contributed by atoms with Gasteiger partial charge in [0, 0.05) is 6.20 Å². The fraction of sp³-hybridized carbons (Fsp3) is 0.200. The van der Waals surface area contributed by atoms with Crippen LogP contribution < -0.4 is 5.32 Å². The maximum atomic E-state index is 10.8. The Bertz CT molecular complexity index is 320. The number of aryl methyl sites for hydroxylation is 1. The van der Waals surface area contributed by atoms with Crippen molar-refractivity contribution in [3.05, 3.63) is 42.2 Å². The average Bonchev–Trinajstić information content (AvgIpc) is 2.14. The van der Waals surface area contributed by atoms with Gasteiger partial charge in [0.15, 0.2) is 0 Å². The predicted octanol–water partition coefficient (Wildman–Crippen LogP) is 1.19. The third kappa shape index (κ3) is 3.07. The normalized spacial score (nSPS) is 9.31. The molecule has 0 aromatic carbocycles. The van der Waals surface area contributed by atoms with Gasteiger partial charge in [-0.3, -0.25) is 9.78 Å². The molecule has 0 bridgehead atoms. The van der Waals surface area contributed by atoms with E-state index in [2.05, 4.69) is 16.9 Å². The molecule has 0 aliphatic carbocycles. The van der Waals surface area contributed by atoms with Crippen LogP contribution in [0.5, 0.6) is 0 Å². The third-order valence-corrected chi connectivity index (χ3v) is 1.60. The Morgan fingerprint density at radius 1 is 1.77 bits per heavy atom. The molecule has 1 N–H and O–H groups in total. The Hall–Kier alpha value is -1.64. The highest BCUT2D eigenvalue weighted by Crippen LogP contribution is 1.98. The van der Waals surface area contributed by atoms with Crippen molar-refractivity contribution in [2.24, 2.45) is 0 Å². The quantitative estimate of drug-likeness (QED) is 0.703. The van der Waals surface area contributed by atoms with Crippen molar-refractivity contribution < 1.29 is 4.79 Å². The van der Waals surface area contributed by atoms with Gasteiger partial charge in [-0.2, -0.15) is 0 Å². The fourth-order valence-corrected chi connectivity index (χ4v) is 0.945. The molecular weight excluding hydrogens is 164 g/mol. The Morgan fingerprint density at radius 3 is 3.15 bits per heavy atom. The maximum absolute atomic E-state index is 10.8. The van der Waals surface area contributed by atoms with Gasteiger partial charge >= 0.3 is 0 Å². The number of hydrogen-bond donors (Lipinski definition) is 1. The molecule has 0 radical (unpaired) electrons. The van der Waals surface area contributed by atoms with Crippen molar-refractivity contribution in [2.75, 3.05) is 0 Å². The lowest BCUT2D eigenvalue weighted by molar-refractivity contribution is -0.116. The number of carbonyl (C=O) groups is 1. The highest BCUT2D eigenvalue weighted by Gasteiger charge is 1.96. The summed E-state index contributed by atoms with van der Waals surface area (Å²) in [5, 5.41) is 2.66. The molecule has 68 valence electrons. The topological polar surface area (TPSA) is 42.0 Å². The molecule has 0 fully saturated rings. The third-order valence-electron chi connectivity index (χ3n) is 1.60. The minimum Gasteiger partial charge on any atom is -0.347 e. The summed E-state index contributed by atoms with van der Waals surface area (Å²) in [5.41, 5.74) is 1.99. The smallest absolute Gasteiger partial charge is 0.243 e. The highest BCUT2D eigenvalue weighted by atomic mass is 16.1. The predicted molar refractivity (Wildman–Crippen MR) is 51.0 cm³/mol. The van der Waals surface area contributed by atoms with Crippen LogP contribution in [0.1, 0.15) is 11.3 Å². The summed E-state index contributed by atoms with van der Waals surface area (Å²) in [4.78, 5) is 14.9. The molecule has 0 aliphatic rings. The van der Waals surface area contributed by atoms with Gasteiger partial charge in [-0.1, -0.05) is 6.58 Å². The Morgan fingerprint density at radius 2 is 2.54 bits per heavy atom. The number of hydrogen-bond acceptors (Lipinski definition) is 2. The molecule has 3 heteroatoms. The van der Waals surface area contributed by atoms with Crippen molar-refractivity contribution >= 4 is 5.91 Å². The first-order valence-electron chi connectivity index (χ1n) is 4.04. The molecule has 0 saturated heterocycles. The van der Waals surface area contributed by atoms with Crippen LogP contribution in [-0.4, -0.2) is 10.9 Å². The van der Waals surface area contributed by atoms with Crippen LogP contribution in [0.4, 0.5) is 0 Å². The van der Waals surface area contributed by atoms with Crippen LogP contribution in [0.2, 0.25) is 0 Å². The summed E-state index contributed by atoms with van der Waals surface area (Å²) in [6.07, 6.45) is 2.97. The van der Waals surface area contributed by atoms with E-state index >= 15 is 0 Å². The van der Waals surface area contributed by atoms with E-state index in [0.29, 0.717) is 6.54 Å². The lowest BCUT2D eigenvalue weighted by Crippen LogP contribution is -2.20. The zero-order chi connectivity index (χ0) is 9.68. The second kappa shape index (κ2) is 4.40. The lowest BCUT2D eigenvalue weighted by atomic mass is 10.2. The molecule has 0 saturated carbocycles. The summed E-state index contributed by atoms with van der Waals surface area (Å²) in [6, 6.07) is 3.85. The van der Waals surface area contributed by atoms with Crippen LogP contribution in [0.3, 0.4) is 0 Å². The number of rotatable bonds is 3. The van der Waals surface area contributed by atoms with Crippen molar-refractivity contribution in [2.45, 2.75) is 13.5 Å². The van der Waals surface area contributed by atoms with E-state index in [9.17, 15) is 4.79 Å². The first-order valence-corrected chi connectivity index (χ1v) is 4.04. The number of nitrogens with one attached hydrogen (secondary N) is 1. The van der Waals surface area contributed by atoms with Crippen LogP contribution >= 0.6 is 0 Å². The van der Waals surface area contributed by atoms with Crippen molar-refractivity contribution in [3.8, 4) is 0 Å². The van der Waals surface area contributed by atoms with Gasteiger partial charge in [-0.25, -0.2) is 0 Å². The molecule has 1 amide bonds. The second-order valence-electron chi connectivity index (χ2n) is 2.75. The van der Waals surface area contributed by atoms with Crippen LogP contribution in [0.15, 0.2) is 31.0 Å². The summed E-state index contributed by atoms with van der Waals surface area (Å²) in [7, 11) is 0. The van der Waals surface area contributed by atoms with Crippen molar-refractivity contribution in [1.82, 2.24) is 10.3 Å². The minimum absolute atomic E-state index is 0.177. The van der Waals surface area contributed by atoms with Gasteiger partial charge in [0.1, 0.15) is 0 Å². The van der Waals surface area contributed by atoms with Crippen molar-refractivity contribution in [3.63, 3.8) is 0 Å². The summed E-state index contributed by atoms with van der Waals surface area (Å²) < 4.78 is 0. The van der Waals surface area contributed by atoms with E-state index < -0.39 is 0 Å². The van der Waals surface area contributed by atoms with Gasteiger partial charge in [0.05, 0.1) is 12.2 Å². The molecule has 1 aromatic heterocycles. The molecule has 13 heavy (non-hydrogen) atoms. The van der Waals surface area contributed by atoms with Gasteiger partial charge in [-0.05, 0) is 30.7 Å². The van der Waals surface area contributed by atoms with Gasteiger partial charge < -0.3 is 5.32 Å². The summed E-state index contributed by atoms with van der Waals surface area (Å²) in [6.45, 7) is 5.80. The Kier molecular flexibility index (Phi) is 3.20. The molecule has 1 heterocycles. The molecule has 0 unspecified atom stereocenters. The van der Waals surface area contributed by atoms with E-state index in [1.807, 2.05) is 19.1 Å². The zero-order valence-electron chi connectivity index (χ0n) is 7.58. The van der Waals surface area contributed by atoms with Gasteiger partial charge in [-0.15, -0.1) is 0 Å². The number of carbonyl (C=O) groups excluding carboxylic acids is 1. The van der Waals surface area contributed by atoms with E-state index in [1.54, 1.807) is 6.20 Å². The highest BCUT2D eigenvalue weighted by molar-refractivity contribution is 5.86. The van der Waals surface area contributed by atoms with E-state index in [4.69, 9.17) is 0 Å². The van der Waals surface area contributed by atoms with E-state index in [1.165, 1.54) is 6.08 Å². The fourth-order valence-electron chi connectivity index (χ4n) is 0.945. The molecule has 0 aliphatic heterocycles. The molecule has 3 nitrogen and oxygen atoms in total. The van der Waals surface area contributed by atoms with E-state index in [0.717, 1.165) is 11.3 Å². The maximum Gasteiger partial charge on any atom is 0.243 e. The minimum atomic E-state index is -0.177. The second-order valence-corrected chi connectivity index (χ2v) is 2.75. The van der Waals surface area contributed by atoms with Crippen LogP contribution in [0, 0.1) is 6.92 Å². The zero-order valence-corrected chi connectivity index (χ0v) is 7.58. The van der Waals surface area contributed by atoms with E-state index in [-0.39, 0.29) is 5.91 Å². The molecule has 1 rings (SSSR count). The molecular formula is C10H12N2O. The standard InChI is InChI=1S/C10H12N2O/c1-3-10(13)12-7-9-6-8(2)4-5-11-9/h3-6H,1,7H2,2H3,(H,12,13). The van der Waals surface area contributed by atoms with Gasteiger partial charge in [0.2, 0.25) is 5.91 Å². The van der Waals surface area contributed by atoms with Crippen LogP contribution in [0.25, 0.3) is 0 Å². The van der Waals surface area contributed by atoms with Gasteiger partial charge in [0.25, 0.3) is 0 Å². The molecule has 1 aromatic rings. The first-order chi connectivity index (χ1) is 6.22. The largest absolute Gasteiger partial charge is 0.347 e. The number of nitrogens with zero attached hydrogens (tertiary/aromatic N) is 1. The first kappa shape index (κ1) is 9.45. The number of pyridine rings is 1. The Balaban J connectivity index is 2.54.